The van der Waals surface area contributed by atoms with Crippen LogP contribution in [0.25, 0.3) is 0 Å². The van der Waals surface area contributed by atoms with Gasteiger partial charge >= 0.3 is 6.43 Å². The maximum Gasteiger partial charge on any atom is 0.315 e. The van der Waals surface area contributed by atoms with Crippen LogP contribution in [-0.4, -0.2) is 30.3 Å². The molecule has 0 saturated carbocycles. The van der Waals surface area contributed by atoms with Gasteiger partial charge in [-0.25, -0.2) is 4.98 Å². The summed E-state index contributed by atoms with van der Waals surface area (Å²) in [5, 5.41) is 4.96. The fraction of sp³-hybridized carbons (Fsp3) is 0.188. The smallest absolute Gasteiger partial charge is 0.315 e. The van der Waals surface area contributed by atoms with Crippen molar-refractivity contribution in [3.63, 3.8) is 0 Å². The lowest BCUT2D eigenvalue weighted by Gasteiger charge is -2.35. The molecule has 3 rings (SSSR count). The summed E-state index contributed by atoms with van der Waals surface area (Å²) in [6.45, 7) is 0. The molecule has 8 heteroatoms. The highest BCUT2D eigenvalue weighted by Gasteiger charge is 2.30. The third kappa shape index (κ3) is 2.90. The van der Waals surface area contributed by atoms with Crippen molar-refractivity contribution in [1.82, 2.24) is 10.3 Å². The number of rotatable bonds is 3. The van der Waals surface area contributed by atoms with Gasteiger partial charge in [0, 0.05) is 18.9 Å². The molecule has 2 aromatic rings. The van der Waals surface area contributed by atoms with Gasteiger partial charge in [-0.3, -0.25) is 9.59 Å². The Hall–Kier alpha value is -3.03. The molecule has 1 aromatic heterocycles. The Morgan fingerprint density at radius 2 is 2.00 bits per heavy atom. The van der Waals surface area contributed by atoms with Gasteiger partial charge in [0.1, 0.15) is 12.0 Å². The maximum absolute atomic E-state index is 12.2. The first-order valence-electron chi connectivity index (χ1n) is 7.15. The molecule has 6 nitrogen and oxygen atoms in total. The van der Waals surface area contributed by atoms with Crippen molar-refractivity contribution in [3.05, 3.63) is 53.7 Å². The van der Waals surface area contributed by atoms with Crippen molar-refractivity contribution in [2.75, 3.05) is 17.3 Å². The van der Waals surface area contributed by atoms with Gasteiger partial charge in [0.25, 0.3) is 11.8 Å². The van der Waals surface area contributed by atoms with Gasteiger partial charge in [0.2, 0.25) is 0 Å². The highest BCUT2D eigenvalue weighted by molar-refractivity contribution is 6.01. The predicted octanol–water partition coefficient (Wildman–Crippen LogP) is 2.16. The molecule has 2 amide bonds. The summed E-state index contributed by atoms with van der Waals surface area (Å²) in [6.07, 6.45) is -1.91. The molecule has 24 heavy (non-hydrogen) atoms. The molecular formula is C16H14F2N4O2. The van der Waals surface area contributed by atoms with Gasteiger partial charge in [-0.1, -0.05) is 12.1 Å². The van der Waals surface area contributed by atoms with Gasteiger partial charge in [-0.2, -0.15) is 8.78 Å². The minimum Gasteiger partial charge on any atom is -0.335 e. The Kier molecular flexibility index (Phi) is 4.11. The van der Waals surface area contributed by atoms with Crippen LogP contribution in [0.5, 0.6) is 0 Å². The van der Waals surface area contributed by atoms with Crippen LogP contribution in [0.1, 0.15) is 22.1 Å². The number of benzene rings is 1. The van der Waals surface area contributed by atoms with E-state index in [0.29, 0.717) is 11.4 Å². The van der Waals surface area contributed by atoms with Crippen molar-refractivity contribution in [2.24, 2.45) is 0 Å². The molecule has 2 N–H and O–H groups in total. The topological polar surface area (TPSA) is 74.3 Å². The van der Waals surface area contributed by atoms with Gasteiger partial charge in [0.15, 0.2) is 0 Å². The Morgan fingerprint density at radius 3 is 2.67 bits per heavy atom. The second-order valence-corrected chi connectivity index (χ2v) is 5.27. The number of alkyl halides is 2. The lowest BCUT2D eigenvalue weighted by Crippen LogP contribution is -2.45. The first kappa shape index (κ1) is 15.9. The average molecular weight is 332 g/mol. The number of halogens is 2. The highest BCUT2D eigenvalue weighted by Crippen LogP contribution is 2.30. The number of nitrogens with one attached hydrogen (secondary N) is 2. The van der Waals surface area contributed by atoms with Gasteiger partial charge in [0.05, 0.1) is 5.56 Å². The number of carbonyl (C=O) groups is 2. The largest absolute Gasteiger partial charge is 0.335 e. The zero-order chi connectivity index (χ0) is 17.3. The van der Waals surface area contributed by atoms with Crippen molar-refractivity contribution in [1.29, 1.82) is 0 Å². The van der Waals surface area contributed by atoms with Crippen LogP contribution in [0.4, 0.5) is 20.3 Å². The molecule has 0 radical (unpaired) electrons. The van der Waals surface area contributed by atoms with Crippen LogP contribution in [0.2, 0.25) is 0 Å². The lowest BCUT2D eigenvalue weighted by molar-refractivity contribution is -0.126. The fourth-order valence-electron chi connectivity index (χ4n) is 2.53. The van der Waals surface area contributed by atoms with E-state index in [9.17, 15) is 18.4 Å². The summed E-state index contributed by atoms with van der Waals surface area (Å²) in [4.78, 5) is 29.2. The number of hydrogen-bond donors (Lipinski definition) is 2. The summed E-state index contributed by atoms with van der Waals surface area (Å²) < 4.78 is 24.5. The number of fused-ring (bicyclic) bond motifs is 1. The number of nitrogens with zero attached hydrogens (tertiary/aromatic N) is 2. The quantitative estimate of drug-likeness (QED) is 0.903. The summed E-state index contributed by atoms with van der Waals surface area (Å²) in [6, 6.07) is 9.68. The molecule has 0 spiro atoms. The van der Waals surface area contributed by atoms with E-state index < -0.39 is 18.5 Å². The number of hydrogen-bond acceptors (Lipinski definition) is 4. The lowest BCUT2D eigenvalue weighted by atomic mass is 10.1. The van der Waals surface area contributed by atoms with E-state index in [0.717, 1.165) is 5.56 Å². The monoisotopic (exact) mass is 332 g/mol. The van der Waals surface area contributed by atoms with E-state index in [1.54, 1.807) is 37.5 Å². The molecule has 2 heterocycles. The Balaban J connectivity index is 1.83. The molecule has 0 aliphatic carbocycles. The number of anilines is 2. The first-order valence-corrected chi connectivity index (χ1v) is 7.15. The second kappa shape index (κ2) is 6.23. The van der Waals surface area contributed by atoms with E-state index in [1.807, 2.05) is 4.90 Å². The molecule has 0 fully saturated rings. The Bertz CT molecular complexity index is 780. The molecular weight excluding hydrogens is 318 g/mol. The summed E-state index contributed by atoms with van der Waals surface area (Å²) >= 11 is 0. The zero-order valence-electron chi connectivity index (χ0n) is 12.7. The SMILES string of the molecule is CN1c2ncccc2C(=O)NC1c1ccc(NC(=O)C(F)F)cc1. The van der Waals surface area contributed by atoms with Crippen molar-refractivity contribution in [2.45, 2.75) is 12.6 Å². The van der Waals surface area contributed by atoms with Crippen molar-refractivity contribution >= 4 is 23.3 Å². The van der Waals surface area contributed by atoms with Crippen LogP contribution >= 0.6 is 0 Å². The Labute approximate surface area is 136 Å². The third-order valence-electron chi connectivity index (χ3n) is 3.71. The van der Waals surface area contributed by atoms with Crippen molar-refractivity contribution in [3.8, 4) is 0 Å². The van der Waals surface area contributed by atoms with E-state index >= 15 is 0 Å². The van der Waals surface area contributed by atoms with Crippen LogP contribution < -0.4 is 15.5 Å². The summed E-state index contributed by atoms with van der Waals surface area (Å²) in [7, 11) is 1.79. The minimum atomic E-state index is -3.07. The zero-order valence-corrected chi connectivity index (χ0v) is 12.7. The second-order valence-electron chi connectivity index (χ2n) is 5.27. The number of carbonyl (C=O) groups excluding carboxylic acids is 2. The number of pyridine rings is 1. The predicted molar refractivity (Wildman–Crippen MR) is 83.9 cm³/mol. The van der Waals surface area contributed by atoms with Crippen LogP contribution in [0.3, 0.4) is 0 Å². The van der Waals surface area contributed by atoms with Crippen LogP contribution in [-0.2, 0) is 4.79 Å². The van der Waals surface area contributed by atoms with E-state index in [1.165, 1.54) is 12.1 Å². The minimum absolute atomic E-state index is 0.240. The van der Waals surface area contributed by atoms with Gasteiger partial charge in [-0.05, 0) is 29.8 Å². The molecule has 1 aliphatic rings. The molecule has 1 aliphatic heterocycles. The molecule has 1 unspecified atom stereocenters. The maximum atomic E-state index is 12.2. The first-order chi connectivity index (χ1) is 11.5. The molecule has 1 aromatic carbocycles. The van der Waals surface area contributed by atoms with Crippen molar-refractivity contribution < 1.29 is 18.4 Å². The fourth-order valence-corrected chi connectivity index (χ4v) is 2.53. The highest BCUT2D eigenvalue weighted by atomic mass is 19.3. The van der Waals surface area contributed by atoms with Crippen LogP contribution in [0, 0.1) is 0 Å². The van der Waals surface area contributed by atoms with E-state index in [2.05, 4.69) is 15.6 Å². The molecule has 124 valence electrons. The average Bonchev–Trinajstić information content (AvgIpc) is 2.59. The Morgan fingerprint density at radius 1 is 1.29 bits per heavy atom. The summed E-state index contributed by atoms with van der Waals surface area (Å²) in [5.41, 5.74) is 1.47. The van der Waals surface area contributed by atoms with Crippen LogP contribution in [0.15, 0.2) is 42.6 Å². The van der Waals surface area contributed by atoms with E-state index in [-0.39, 0.29) is 11.6 Å². The molecule has 1 atom stereocenters. The van der Waals surface area contributed by atoms with Gasteiger partial charge < -0.3 is 15.5 Å². The summed E-state index contributed by atoms with van der Waals surface area (Å²) in [5.74, 6) is -1.04. The van der Waals surface area contributed by atoms with E-state index in [4.69, 9.17) is 0 Å². The normalized spacial score (nSPS) is 16.6. The number of amides is 2. The molecule has 0 bridgehead atoms. The van der Waals surface area contributed by atoms with Gasteiger partial charge in [-0.15, -0.1) is 0 Å². The standard InChI is InChI=1S/C16H14F2N4O2/c1-22-13(21-15(23)11-3-2-8-19-14(11)22)9-4-6-10(7-5-9)20-16(24)12(17)18/h2-8,12-13H,1H3,(H,20,24)(H,21,23). The third-order valence-corrected chi connectivity index (χ3v) is 3.71. The number of aromatic nitrogens is 1. The molecule has 0 saturated heterocycles.